The minimum Gasteiger partial charge on any atom is -0.379 e. The fourth-order valence-corrected chi connectivity index (χ4v) is 2.89. The summed E-state index contributed by atoms with van der Waals surface area (Å²) in [6.07, 6.45) is 1.19. The highest BCUT2D eigenvalue weighted by Crippen LogP contribution is 2.14. The topological polar surface area (TPSA) is 69.4 Å². The van der Waals surface area contributed by atoms with Gasteiger partial charge in [-0.3, -0.25) is 0 Å². The molecule has 0 saturated heterocycles. The number of nitrogens with two attached hydrogens (primary N) is 1. The standard InChI is InChI=1S/C10H23NO3S/c1-5-9(11)8-15(12,13)7-6-10(2,3)14-4/h9H,5-8,11H2,1-4H3. The van der Waals surface area contributed by atoms with E-state index >= 15 is 0 Å². The molecule has 2 N–H and O–H groups in total. The first kappa shape index (κ1) is 14.9. The first-order valence-electron chi connectivity index (χ1n) is 5.23. The largest absolute Gasteiger partial charge is 0.379 e. The first-order valence-corrected chi connectivity index (χ1v) is 7.05. The normalized spacial score (nSPS) is 15.3. The molecule has 0 saturated carbocycles. The van der Waals surface area contributed by atoms with Crippen LogP contribution in [-0.2, 0) is 14.6 Å². The van der Waals surface area contributed by atoms with Crippen molar-refractivity contribution in [2.45, 2.75) is 45.3 Å². The van der Waals surface area contributed by atoms with Crippen LogP contribution in [0.2, 0.25) is 0 Å². The van der Waals surface area contributed by atoms with Crippen LogP contribution in [0.25, 0.3) is 0 Å². The van der Waals surface area contributed by atoms with E-state index in [2.05, 4.69) is 0 Å². The average molecular weight is 237 g/mol. The van der Waals surface area contributed by atoms with Crippen LogP contribution in [-0.4, -0.2) is 38.7 Å². The highest BCUT2D eigenvalue weighted by atomic mass is 32.2. The molecule has 0 heterocycles. The van der Waals surface area contributed by atoms with E-state index in [-0.39, 0.29) is 23.1 Å². The summed E-state index contributed by atoms with van der Waals surface area (Å²) >= 11 is 0. The Kier molecular flexibility index (Phi) is 5.77. The summed E-state index contributed by atoms with van der Waals surface area (Å²) < 4.78 is 28.4. The molecular weight excluding hydrogens is 214 g/mol. The SMILES string of the molecule is CCC(N)CS(=O)(=O)CCC(C)(C)OC. The van der Waals surface area contributed by atoms with E-state index in [1.165, 1.54) is 0 Å². The van der Waals surface area contributed by atoms with Gasteiger partial charge in [-0.1, -0.05) is 6.92 Å². The molecule has 1 unspecified atom stereocenters. The van der Waals surface area contributed by atoms with Gasteiger partial charge in [-0.25, -0.2) is 8.42 Å². The van der Waals surface area contributed by atoms with Crippen LogP contribution >= 0.6 is 0 Å². The second-order valence-electron chi connectivity index (χ2n) is 4.50. The van der Waals surface area contributed by atoms with Crippen LogP contribution < -0.4 is 5.73 Å². The third kappa shape index (κ3) is 6.87. The zero-order valence-corrected chi connectivity index (χ0v) is 10.9. The Hall–Kier alpha value is -0.130. The monoisotopic (exact) mass is 237 g/mol. The van der Waals surface area contributed by atoms with E-state index in [1.807, 2.05) is 20.8 Å². The summed E-state index contributed by atoms with van der Waals surface area (Å²) in [6.45, 7) is 5.64. The molecule has 0 amide bonds. The minimum absolute atomic E-state index is 0.0727. The number of methoxy groups -OCH3 is 1. The number of hydrogen-bond acceptors (Lipinski definition) is 4. The molecule has 92 valence electrons. The fourth-order valence-electron chi connectivity index (χ4n) is 1.03. The molecule has 0 rings (SSSR count). The molecule has 5 heteroatoms. The molecule has 0 aromatic heterocycles. The Labute approximate surface area is 93.1 Å². The lowest BCUT2D eigenvalue weighted by Crippen LogP contribution is -2.33. The lowest BCUT2D eigenvalue weighted by atomic mass is 10.1. The molecule has 1 atom stereocenters. The van der Waals surface area contributed by atoms with Crippen LogP contribution in [0.15, 0.2) is 0 Å². The van der Waals surface area contributed by atoms with Crippen molar-refractivity contribution in [2.24, 2.45) is 5.73 Å². The summed E-state index contributed by atoms with van der Waals surface area (Å²) in [5, 5.41) is 0. The second-order valence-corrected chi connectivity index (χ2v) is 6.73. The maximum atomic E-state index is 11.6. The fraction of sp³-hybridized carbons (Fsp3) is 1.00. The van der Waals surface area contributed by atoms with Gasteiger partial charge in [-0.15, -0.1) is 0 Å². The van der Waals surface area contributed by atoms with Crippen molar-refractivity contribution in [1.29, 1.82) is 0 Å². The van der Waals surface area contributed by atoms with Gasteiger partial charge in [0.15, 0.2) is 9.84 Å². The van der Waals surface area contributed by atoms with Crippen LogP contribution in [0.1, 0.15) is 33.6 Å². The molecule has 0 aliphatic carbocycles. The summed E-state index contributed by atoms with van der Waals surface area (Å²) in [6, 6.07) is -0.249. The molecule has 15 heavy (non-hydrogen) atoms. The molecular formula is C10H23NO3S. The average Bonchev–Trinajstić information content (AvgIpc) is 2.14. The third-order valence-electron chi connectivity index (χ3n) is 2.56. The summed E-state index contributed by atoms with van der Waals surface area (Å²) in [4.78, 5) is 0. The van der Waals surface area contributed by atoms with Crippen molar-refractivity contribution in [1.82, 2.24) is 0 Å². The zero-order valence-electron chi connectivity index (χ0n) is 10.1. The van der Waals surface area contributed by atoms with Gasteiger partial charge in [-0.2, -0.15) is 0 Å². The molecule has 0 radical (unpaired) electrons. The van der Waals surface area contributed by atoms with E-state index in [0.29, 0.717) is 12.8 Å². The smallest absolute Gasteiger partial charge is 0.151 e. The van der Waals surface area contributed by atoms with Crippen molar-refractivity contribution in [2.75, 3.05) is 18.6 Å². The van der Waals surface area contributed by atoms with Gasteiger partial charge in [-0.05, 0) is 26.7 Å². The summed E-state index contributed by atoms with van der Waals surface area (Å²) in [5.41, 5.74) is 5.23. The predicted molar refractivity (Wildman–Crippen MR) is 62.6 cm³/mol. The van der Waals surface area contributed by atoms with E-state index in [4.69, 9.17) is 10.5 Å². The van der Waals surface area contributed by atoms with E-state index in [1.54, 1.807) is 7.11 Å². The van der Waals surface area contributed by atoms with Gasteiger partial charge in [0.2, 0.25) is 0 Å². The van der Waals surface area contributed by atoms with Crippen molar-refractivity contribution >= 4 is 9.84 Å². The van der Waals surface area contributed by atoms with Crippen LogP contribution in [0.5, 0.6) is 0 Å². The van der Waals surface area contributed by atoms with Gasteiger partial charge in [0.1, 0.15) is 0 Å². The molecule has 4 nitrogen and oxygen atoms in total. The lowest BCUT2D eigenvalue weighted by molar-refractivity contribution is 0.0203. The Morgan fingerprint density at radius 1 is 1.40 bits per heavy atom. The molecule has 0 bridgehead atoms. The van der Waals surface area contributed by atoms with Gasteiger partial charge in [0, 0.05) is 13.2 Å². The third-order valence-corrected chi connectivity index (χ3v) is 4.32. The minimum atomic E-state index is -3.04. The quantitative estimate of drug-likeness (QED) is 0.716. The highest BCUT2D eigenvalue weighted by molar-refractivity contribution is 7.91. The first-order chi connectivity index (χ1) is 6.72. The van der Waals surface area contributed by atoms with Gasteiger partial charge in [0.05, 0.1) is 17.1 Å². The second kappa shape index (κ2) is 5.82. The summed E-state index contributed by atoms with van der Waals surface area (Å²) in [7, 11) is -1.45. The van der Waals surface area contributed by atoms with E-state index < -0.39 is 9.84 Å². The number of rotatable bonds is 7. The molecule has 0 aliphatic heterocycles. The molecule has 0 aromatic rings. The molecule has 0 aromatic carbocycles. The maximum absolute atomic E-state index is 11.6. The van der Waals surface area contributed by atoms with E-state index in [0.717, 1.165) is 0 Å². The van der Waals surface area contributed by atoms with Crippen molar-refractivity contribution in [3.05, 3.63) is 0 Å². The van der Waals surface area contributed by atoms with Crippen LogP contribution in [0.4, 0.5) is 0 Å². The maximum Gasteiger partial charge on any atom is 0.151 e. The van der Waals surface area contributed by atoms with Crippen LogP contribution in [0, 0.1) is 0 Å². The van der Waals surface area contributed by atoms with Crippen molar-refractivity contribution in [3.63, 3.8) is 0 Å². The molecule has 0 aliphatic rings. The Balaban J connectivity index is 4.17. The molecule has 0 fully saturated rings. The summed E-state index contributed by atoms with van der Waals surface area (Å²) in [5.74, 6) is 0.213. The Morgan fingerprint density at radius 2 is 1.93 bits per heavy atom. The van der Waals surface area contributed by atoms with Gasteiger partial charge < -0.3 is 10.5 Å². The molecule has 0 spiro atoms. The number of hydrogen-bond donors (Lipinski definition) is 1. The predicted octanol–water partition coefficient (Wildman–Crippen LogP) is 0.954. The Morgan fingerprint density at radius 3 is 2.33 bits per heavy atom. The van der Waals surface area contributed by atoms with Crippen molar-refractivity contribution in [3.8, 4) is 0 Å². The highest BCUT2D eigenvalue weighted by Gasteiger charge is 2.22. The lowest BCUT2D eigenvalue weighted by Gasteiger charge is -2.22. The van der Waals surface area contributed by atoms with Crippen molar-refractivity contribution < 1.29 is 13.2 Å². The number of ether oxygens (including phenoxy) is 1. The van der Waals surface area contributed by atoms with Gasteiger partial charge >= 0.3 is 0 Å². The van der Waals surface area contributed by atoms with Crippen LogP contribution in [0.3, 0.4) is 0 Å². The zero-order chi connectivity index (χ0) is 12.1. The Bertz CT molecular complexity index is 272. The van der Waals surface area contributed by atoms with E-state index in [9.17, 15) is 8.42 Å². The number of sulfone groups is 1. The van der Waals surface area contributed by atoms with Gasteiger partial charge in [0.25, 0.3) is 0 Å².